The molecule has 20 heavy (non-hydrogen) atoms. The first-order valence-corrected chi connectivity index (χ1v) is 6.70. The van der Waals surface area contributed by atoms with Crippen molar-refractivity contribution in [3.05, 3.63) is 0 Å². The van der Waals surface area contributed by atoms with Crippen LogP contribution in [0.3, 0.4) is 0 Å². The molecule has 1 heterocycles. The van der Waals surface area contributed by atoms with E-state index in [1.807, 2.05) is 13.8 Å². The van der Waals surface area contributed by atoms with Gasteiger partial charge in [-0.1, -0.05) is 6.92 Å². The Morgan fingerprint density at radius 2 is 1.80 bits per heavy atom. The first kappa shape index (κ1) is 22.2. The number of hydrogen-bond donors (Lipinski definition) is 2. The van der Waals surface area contributed by atoms with Crippen molar-refractivity contribution in [3.8, 4) is 0 Å². The molecule has 1 saturated heterocycles. The van der Waals surface area contributed by atoms with Gasteiger partial charge in [-0.15, -0.1) is 24.8 Å². The van der Waals surface area contributed by atoms with Crippen molar-refractivity contribution in [2.45, 2.75) is 39.3 Å². The quantitative estimate of drug-likeness (QED) is 0.790. The van der Waals surface area contributed by atoms with E-state index in [-0.39, 0.29) is 48.2 Å². The molecule has 0 aromatic rings. The van der Waals surface area contributed by atoms with Crippen molar-refractivity contribution >= 4 is 30.7 Å². The van der Waals surface area contributed by atoms with Crippen LogP contribution in [0, 0.1) is 5.92 Å². The van der Waals surface area contributed by atoms with Crippen molar-refractivity contribution in [1.82, 2.24) is 10.2 Å². The Morgan fingerprint density at radius 3 is 2.25 bits per heavy atom. The fourth-order valence-corrected chi connectivity index (χ4v) is 1.98. The van der Waals surface area contributed by atoms with E-state index in [9.17, 15) is 4.79 Å². The SMILES string of the molecule is CC(N)C(C)C(=O)NCC(C)(C)N1CCOCC1.Cl.Cl. The van der Waals surface area contributed by atoms with E-state index in [1.165, 1.54) is 0 Å². The van der Waals surface area contributed by atoms with Gasteiger partial charge in [-0.25, -0.2) is 0 Å². The highest BCUT2D eigenvalue weighted by Crippen LogP contribution is 2.15. The summed E-state index contributed by atoms with van der Waals surface area (Å²) in [5.74, 6) is -0.114. The zero-order valence-electron chi connectivity index (χ0n) is 12.8. The number of nitrogens with two attached hydrogens (primary N) is 1. The Morgan fingerprint density at radius 1 is 1.30 bits per heavy atom. The molecule has 1 rings (SSSR count). The summed E-state index contributed by atoms with van der Waals surface area (Å²) in [4.78, 5) is 14.2. The summed E-state index contributed by atoms with van der Waals surface area (Å²) in [5.41, 5.74) is 5.69. The molecule has 0 spiro atoms. The zero-order chi connectivity index (χ0) is 13.8. The van der Waals surface area contributed by atoms with Crippen LogP contribution in [0.5, 0.6) is 0 Å². The standard InChI is InChI=1S/C13H27N3O2.2ClH/c1-10(11(2)14)12(17)15-9-13(3,4)16-5-7-18-8-6-16;;/h10-11H,5-9,14H2,1-4H3,(H,15,17);2*1H. The van der Waals surface area contributed by atoms with Gasteiger partial charge in [0.1, 0.15) is 0 Å². The largest absolute Gasteiger partial charge is 0.379 e. The predicted molar refractivity (Wildman–Crippen MR) is 86.8 cm³/mol. The summed E-state index contributed by atoms with van der Waals surface area (Å²) in [7, 11) is 0. The molecule has 7 heteroatoms. The number of rotatable bonds is 5. The lowest BCUT2D eigenvalue weighted by atomic mass is 10.00. The molecule has 1 fully saturated rings. The predicted octanol–water partition coefficient (Wildman–Crippen LogP) is 1.04. The Bertz CT molecular complexity index is 283. The Balaban J connectivity index is 0. The third-order valence-corrected chi connectivity index (χ3v) is 3.76. The summed E-state index contributed by atoms with van der Waals surface area (Å²) in [6.45, 7) is 12.0. The van der Waals surface area contributed by atoms with E-state index >= 15 is 0 Å². The van der Waals surface area contributed by atoms with Gasteiger partial charge in [0.25, 0.3) is 0 Å². The zero-order valence-corrected chi connectivity index (χ0v) is 14.5. The lowest BCUT2D eigenvalue weighted by Gasteiger charge is -2.41. The van der Waals surface area contributed by atoms with Gasteiger partial charge >= 0.3 is 0 Å². The maximum absolute atomic E-state index is 11.9. The lowest BCUT2D eigenvalue weighted by Crippen LogP contribution is -2.56. The average molecular weight is 330 g/mol. The molecule has 2 atom stereocenters. The third-order valence-electron chi connectivity index (χ3n) is 3.76. The maximum Gasteiger partial charge on any atom is 0.224 e. The minimum Gasteiger partial charge on any atom is -0.379 e. The van der Waals surface area contributed by atoms with Crippen LogP contribution in [0.1, 0.15) is 27.7 Å². The fourth-order valence-electron chi connectivity index (χ4n) is 1.98. The Labute approximate surface area is 134 Å². The topological polar surface area (TPSA) is 67.6 Å². The molecule has 0 saturated carbocycles. The van der Waals surface area contributed by atoms with Crippen molar-refractivity contribution in [2.24, 2.45) is 11.7 Å². The number of halogens is 2. The fraction of sp³-hybridized carbons (Fsp3) is 0.923. The molecule has 2 unspecified atom stereocenters. The molecule has 0 bridgehead atoms. The van der Waals surface area contributed by atoms with Crippen LogP contribution in [-0.4, -0.2) is 55.2 Å². The van der Waals surface area contributed by atoms with Gasteiger partial charge in [-0.3, -0.25) is 9.69 Å². The average Bonchev–Trinajstić information content (AvgIpc) is 2.36. The smallest absolute Gasteiger partial charge is 0.224 e. The molecule has 0 radical (unpaired) electrons. The number of ether oxygens (including phenoxy) is 1. The molecule has 122 valence electrons. The molecular formula is C13H29Cl2N3O2. The Kier molecular flexibility index (Phi) is 10.9. The maximum atomic E-state index is 11.9. The first-order valence-electron chi connectivity index (χ1n) is 6.70. The second-order valence-electron chi connectivity index (χ2n) is 5.78. The van der Waals surface area contributed by atoms with E-state index in [4.69, 9.17) is 10.5 Å². The highest BCUT2D eigenvalue weighted by atomic mass is 35.5. The molecule has 0 aromatic heterocycles. The number of nitrogens with one attached hydrogen (secondary N) is 1. The molecule has 0 aliphatic carbocycles. The summed E-state index contributed by atoms with van der Waals surface area (Å²) in [6, 6.07) is -0.114. The number of nitrogens with zero attached hydrogens (tertiary/aromatic N) is 1. The van der Waals surface area contributed by atoms with Gasteiger partial charge in [-0.05, 0) is 20.8 Å². The van der Waals surface area contributed by atoms with Crippen molar-refractivity contribution in [2.75, 3.05) is 32.8 Å². The van der Waals surface area contributed by atoms with Crippen molar-refractivity contribution in [3.63, 3.8) is 0 Å². The van der Waals surface area contributed by atoms with Crippen molar-refractivity contribution < 1.29 is 9.53 Å². The van der Waals surface area contributed by atoms with E-state index in [1.54, 1.807) is 0 Å². The second kappa shape index (κ2) is 9.79. The Hall–Kier alpha value is -0.0700. The third kappa shape index (κ3) is 6.59. The number of carbonyl (C=O) groups excluding carboxylic acids is 1. The van der Waals surface area contributed by atoms with Crippen molar-refractivity contribution in [1.29, 1.82) is 0 Å². The molecule has 1 aliphatic heterocycles. The molecule has 0 aromatic carbocycles. The molecule has 1 amide bonds. The minimum absolute atomic E-state index is 0. The van der Waals surface area contributed by atoms with E-state index in [2.05, 4.69) is 24.1 Å². The van der Waals surface area contributed by atoms with Crippen LogP contribution in [0.25, 0.3) is 0 Å². The highest BCUT2D eigenvalue weighted by molar-refractivity contribution is 5.85. The lowest BCUT2D eigenvalue weighted by molar-refractivity contribution is -0.125. The molecule has 5 nitrogen and oxygen atoms in total. The van der Waals surface area contributed by atoms with E-state index < -0.39 is 0 Å². The number of carbonyl (C=O) groups is 1. The monoisotopic (exact) mass is 329 g/mol. The van der Waals surface area contributed by atoms with Gasteiger partial charge in [-0.2, -0.15) is 0 Å². The second-order valence-corrected chi connectivity index (χ2v) is 5.78. The molecule has 3 N–H and O–H groups in total. The summed E-state index contributed by atoms with van der Waals surface area (Å²) < 4.78 is 5.34. The van der Waals surface area contributed by atoms with E-state index in [0.29, 0.717) is 6.54 Å². The minimum atomic E-state index is -0.148. The van der Waals surface area contributed by atoms with Crippen LogP contribution in [0.15, 0.2) is 0 Å². The number of morpholine rings is 1. The van der Waals surface area contributed by atoms with E-state index in [0.717, 1.165) is 26.3 Å². The van der Waals surface area contributed by atoms with Crippen LogP contribution < -0.4 is 11.1 Å². The van der Waals surface area contributed by atoms with Crippen LogP contribution in [-0.2, 0) is 9.53 Å². The van der Waals surface area contributed by atoms with Gasteiger partial charge in [0.05, 0.1) is 13.2 Å². The van der Waals surface area contributed by atoms with Crippen LogP contribution >= 0.6 is 24.8 Å². The molecular weight excluding hydrogens is 301 g/mol. The van der Waals surface area contributed by atoms with Gasteiger partial charge in [0.2, 0.25) is 5.91 Å². The number of hydrogen-bond acceptors (Lipinski definition) is 4. The first-order chi connectivity index (χ1) is 8.34. The highest BCUT2D eigenvalue weighted by Gasteiger charge is 2.29. The van der Waals surface area contributed by atoms with Gasteiger partial charge in [0, 0.05) is 37.1 Å². The van der Waals surface area contributed by atoms with Crippen LogP contribution in [0.2, 0.25) is 0 Å². The summed E-state index contributed by atoms with van der Waals surface area (Å²) in [6.07, 6.45) is 0. The summed E-state index contributed by atoms with van der Waals surface area (Å²) in [5, 5.41) is 3.00. The van der Waals surface area contributed by atoms with Gasteiger partial charge < -0.3 is 15.8 Å². The molecule has 1 aliphatic rings. The van der Waals surface area contributed by atoms with Crippen LogP contribution in [0.4, 0.5) is 0 Å². The van der Waals surface area contributed by atoms with Gasteiger partial charge in [0.15, 0.2) is 0 Å². The normalized spacial score (nSPS) is 19.2. The number of amides is 1. The summed E-state index contributed by atoms with van der Waals surface area (Å²) >= 11 is 0.